The number of hydrogen-bond acceptors (Lipinski definition) is 0. The van der Waals surface area contributed by atoms with Crippen LogP contribution in [0.25, 0.3) is 0 Å². The van der Waals surface area contributed by atoms with Crippen molar-refractivity contribution in [1.29, 1.82) is 0 Å². The first kappa shape index (κ1) is 21.2. The molecule has 0 saturated carbocycles. The fourth-order valence-electron chi connectivity index (χ4n) is 3.71. The van der Waals surface area contributed by atoms with Crippen LogP contribution in [0.2, 0.25) is 0 Å². The van der Waals surface area contributed by atoms with Crippen LogP contribution in [0.3, 0.4) is 0 Å². The summed E-state index contributed by atoms with van der Waals surface area (Å²) in [5, 5.41) is 0. The van der Waals surface area contributed by atoms with Crippen molar-refractivity contribution in [2.75, 3.05) is 0 Å². The minimum atomic E-state index is 0.166. The van der Waals surface area contributed by atoms with Crippen molar-refractivity contribution >= 4 is 0 Å². The SMILES string of the molecule is C=C/C=C\C=C(/C)C1=C(C/C=C\C)C(C(C)(C=CC)C(C)C)CC=C1. The third-order valence-electron chi connectivity index (χ3n) is 5.54. The quantitative estimate of drug-likeness (QED) is 0.314. The van der Waals surface area contributed by atoms with E-state index in [4.69, 9.17) is 0 Å². The largest absolute Gasteiger partial charge is 0.0991 e. The van der Waals surface area contributed by atoms with E-state index in [0.29, 0.717) is 11.8 Å². The van der Waals surface area contributed by atoms with Crippen molar-refractivity contribution in [3.63, 3.8) is 0 Å². The van der Waals surface area contributed by atoms with Gasteiger partial charge >= 0.3 is 0 Å². The highest BCUT2D eigenvalue weighted by Gasteiger charge is 2.37. The maximum Gasteiger partial charge on any atom is -0.00548 e. The van der Waals surface area contributed by atoms with Crippen LogP contribution in [-0.4, -0.2) is 0 Å². The highest BCUT2D eigenvalue weighted by molar-refractivity contribution is 5.48. The maximum atomic E-state index is 3.75. The number of rotatable bonds is 8. The topological polar surface area (TPSA) is 0 Å². The Balaban J connectivity index is 3.48. The van der Waals surface area contributed by atoms with Crippen molar-refractivity contribution in [1.82, 2.24) is 0 Å². The Labute approximate surface area is 156 Å². The van der Waals surface area contributed by atoms with Gasteiger partial charge in [-0.1, -0.05) is 93.7 Å². The number of allylic oxidation sites excluding steroid dienone is 13. The van der Waals surface area contributed by atoms with Gasteiger partial charge in [0.1, 0.15) is 0 Å². The monoisotopic (exact) mass is 336 g/mol. The van der Waals surface area contributed by atoms with Gasteiger partial charge in [-0.25, -0.2) is 0 Å². The van der Waals surface area contributed by atoms with Crippen LogP contribution in [0.4, 0.5) is 0 Å². The summed E-state index contributed by atoms with van der Waals surface area (Å²) in [6.07, 6.45) is 24.0. The van der Waals surface area contributed by atoms with Crippen molar-refractivity contribution in [2.24, 2.45) is 17.3 Å². The van der Waals surface area contributed by atoms with E-state index in [1.807, 2.05) is 12.2 Å². The van der Waals surface area contributed by atoms with E-state index in [-0.39, 0.29) is 5.41 Å². The van der Waals surface area contributed by atoms with Gasteiger partial charge in [0.25, 0.3) is 0 Å². The van der Waals surface area contributed by atoms with Crippen LogP contribution < -0.4 is 0 Å². The summed E-state index contributed by atoms with van der Waals surface area (Å²) in [4.78, 5) is 0. The summed E-state index contributed by atoms with van der Waals surface area (Å²) in [6, 6.07) is 0. The highest BCUT2D eigenvalue weighted by Crippen LogP contribution is 2.47. The van der Waals surface area contributed by atoms with Gasteiger partial charge in [0.15, 0.2) is 0 Å². The molecule has 0 aromatic carbocycles. The molecule has 0 fully saturated rings. The Morgan fingerprint density at radius 3 is 2.56 bits per heavy atom. The molecule has 2 unspecified atom stereocenters. The van der Waals surface area contributed by atoms with Crippen molar-refractivity contribution in [2.45, 2.75) is 54.4 Å². The third kappa shape index (κ3) is 5.33. The van der Waals surface area contributed by atoms with Crippen LogP contribution in [-0.2, 0) is 0 Å². The molecule has 0 radical (unpaired) electrons. The molecule has 1 rings (SSSR count). The summed E-state index contributed by atoms with van der Waals surface area (Å²) in [6.45, 7) is 17.3. The smallest absolute Gasteiger partial charge is 0.00548 e. The van der Waals surface area contributed by atoms with Gasteiger partial charge in [-0.2, -0.15) is 0 Å². The van der Waals surface area contributed by atoms with Crippen LogP contribution in [0.1, 0.15) is 54.4 Å². The van der Waals surface area contributed by atoms with Crippen LogP contribution in [0, 0.1) is 17.3 Å². The van der Waals surface area contributed by atoms with Gasteiger partial charge < -0.3 is 0 Å². The molecule has 0 bridgehead atoms. The zero-order valence-corrected chi connectivity index (χ0v) is 17.0. The fourth-order valence-corrected chi connectivity index (χ4v) is 3.71. The first-order chi connectivity index (χ1) is 11.9. The van der Waals surface area contributed by atoms with Crippen molar-refractivity contribution in [3.8, 4) is 0 Å². The highest BCUT2D eigenvalue weighted by atomic mass is 14.4. The molecule has 0 N–H and O–H groups in total. The van der Waals surface area contributed by atoms with E-state index in [9.17, 15) is 0 Å². The lowest BCUT2D eigenvalue weighted by Crippen LogP contribution is -2.33. The van der Waals surface area contributed by atoms with Gasteiger partial charge in [-0.3, -0.25) is 0 Å². The Hall–Kier alpha value is -1.82. The molecular formula is C25H36. The van der Waals surface area contributed by atoms with Gasteiger partial charge in [-0.15, -0.1) is 0 Å². The average Bonchev–Trinajstić information content (AvgIpc) is 2.59. The molecule has 0 aliphatic heterocycles. The Kier molecular flexibility index (Phi) is 8.69. The van der Waals surface area contributed by atoms with Crippen LogP contribution >= 0.6 is 0 Å². The normalized spacial score (nSPS) is 21.9. The van der Waals surface area contributed by atoms with E-state index >= 15 is 0 Å². The molecule has 1 aliphatic carbocycles. The van der Waals surface area contributed by atoms with E-state index < -0.39 is 0 Å². The molecule has 2 atom stereocenters. The molecule has 0 aromatic rings. The molecular weight excluding hydrogens is 300 g/mol. The first-order valence-electron chi connectivity index (χ1n) is 9.53. The molecule has 0 saturated heterocycles. The molecule has 0 amide bonds. The standard InChI is InChI=1S/C25H36/c1-8-11-13-15-21(6)22-17-14-18-24(23(22)16-12-9-2)25(7,19-10-3)20(4)5/h8-15,17,19-20,24H,1,16,18H2,2-7H3/b12-9-,13-11-,19-10?,21-15+. The summed E-state index contributed by atoms with van der Waals surface area (Å²) in [5.41, 5.74) is 4.46. The summed E-state index contributed by atoms with van der Waals surface area (Å²) in [7, 11) is 0. The minimum absolute atomic E-state index is 0.166. The van der Waals surface area contributed by atoms with Crippen molar-refractivity contribution in [3.05, 3.63) is 84.1 Å². The second-order valence-corrected chi connectivity index (χ2v) is 7.39. The second kappa shape index (κ2) is 10.2. The lowest BCUT2D eigenvalue weighted by atomic mass is 9.62. The molecule has 136 valence electrons. The minimum Gasteiger partial charge on any atom is -0.0991 e. The fraction of sp³-hybridized carbons (Fsp3) is 0.440. The Morgan fingerprint density at radius 2 is 2.00 bits per heavy atom. The zero-order valence-electron chi connectivity index (χ0n) is 17.0. The molecule has 0 heterocycles. The first-order valence-corrected chi connectivity index (χ1v) is 9.53. The predicted octanol–water partition coefficient (Wildman–Crippen LogP) is 7.75. The van der Waals surface area contributed by atoms with Gasteiger partial charge in [0.2, 0.25) is 0 Å². The maximum absolute atomic E-state index is 3.75. The lowest BCUT2D eigenvalue weighted by molar-refractivity contribution is 0.202. The summed E-state index contributed by atoms with van der Waals surface area (Å²) < 4.78 is 0. The second-order valence-electron chi connectivity index (χ2n) is 7.39. The van der Waals surface area contributed by atoms with E-state index in [2.05, 4.69) is 96.7 Å². The van der Waals surface area contributed by atoms with E-state index in [1.165, 1.54) is 11.1 Å². The number of hydrogen-bond donors (Lipinski definition) is 0. The van der Waals surface area contributed by atoms with Crippen molar-refractivity contribution < 1.29 is 0 Å². The molecule has 0 nitrogen and oxygen atoms in total. The Bertz CT molecular complexity index is 616. The van der Waals surface area contributed by atoms with Gasteiger partial charge in [0, 0.05) is 0 Å². The zero-order chi connectivity index (χ0) is 18.9. The van der Waals surface area contributed by atoms with Gasteiger partial charge in [0.05, 0.1) is 0 Å². The Morgan fingerprint density at radius 1 is 1.28 bits per heavy atom. The lowest BCUT2D eigenvalue weighted by Gasteiger charge is -2.42. The summed E-state index contributed by atoms with van der Waals surface area (Å²) >= 11 is 0. The molecule has 25 heavy (non-hydrogen) atoms. The van der Waals surface area contributed by atoms with Crippen LogP contribution in [0.5, 0.6) is 0 Å². The molecule has 0 heteroatoms. The van der Waals surface area contributed by atoms with Crippen LogP contribution in [0.15, 0.2) is 84.1 Å². The molecule has 1 aliphatic rings. The predicted molar refractivity (Wildman–Crippen MR) is 115 cm³/mol. The summed E-state index contributed by atoms with van der Waals surface area (Å²) in [5.74, 6) is 1.12. The molecule has 0 aromatic heterocycles. The third-order valence-corrected chi connectivity index (χ3v) is 5.54. The van der Waals surface area contributed by atoms with E-state index in [1.54, 1.807) is 5.57 Å². The average molecular weight is 337 g/mol. The van der Waals surface area contributed by atoms with Gasteiger partial charge in [-0.05, 0) is 62.0 Å². The van der Waals surface area contributed by atoms with E-state index in [0.717, 1.165) is 12.8 Å². The molecule has 0 spiro atoms.